The van der Waals surface area contributed by atoms with E-state index in [2.05, 4.69) is 15.0 Å². The van der Waals surface area contributed by atoms with Crippen LogP contribution in [0.3, 0.4) is 0 Å². The summed E-state index contributed by atoms with van der Waals surface area (Å²) in [6, 6.07) is 8.73. The number of H-pyrrole nitrogens is 1. The summed E-state index contributed by atoms with van der Waals surface area (Å²) in [6.07, 6.45) is 1.34. The van der Waals surface area contributed by atoms with Gasteiger partial charge in [0.2, 0.25) is 0 Å². The first kappa shape index (κ1) is 15.1. The van der Waals surface area contributed by atoms with Crippen LogP contribution in [0, 0.1) is 12.7 Å². The van der Waals surface area contributed by atoms with Crippen LogP contribution < -0.4 is 5.56 Å². The highest BCUT2D eigenvalue weighted by Gasteiger charge is 2.20. The summed E-state index contributed by atoms with van der Waals surface area (Å²) in [6.45, 7) is 3.96. The first-order chi connectivity index (χ1) is 11.6. The molecule has 0 amide bonds. The predicted molar refractivity (Wildman–Crippen MR) is 89.6 cm³/mol. The third-order valence-corrected chi connectivity index (χ3v) is 4.62. The van der Waals surface area contributed by atoms with Gasteiger partial charge >= 0.3 is 0 Å². The van der Waals surface area contributed by atoms with Crippen LogP contribution in [0.5, 0.6) is 0 Å². The van der Waals surface area contributed by atoms with Crippen molar-refractivity contribution in [2.45, 2.75) is 26.3 Å². The van der Waals surface area contributed by atoms with Gasteiger partial charge < -0.3 is 0 Å². The van der Waals surface area contributed by atoms with Crippen molar-refractivity contribution in [2.75, 3.05) is 13.1 Å². The number of aromatic amines is 1. The van der Waals surface area contributed by atoms with E-state index in [1.54, 1.807) is 6.07 Å². The Kier molecular flexibility index (Phi) is 3.69. The molecular weight excluding hydrogens is 307 g/mol. The van der Waals surface area contributed by atoms with Gasteiger partial charge in [-0.05, 0) is 19.4 Å². The lowest BCUT2D eigenvalue weighted by Crippen LogP contribution is -2.27. The van der Waals surface area contributed by atoms with Gasteiger partial charge in [0.25, 0.3) is 5.56 Å². The number of aryl methyl sites for hydroxylation is 1. The number of rotatable bonds is 2. The van der Waals surface area contributed by atoms with Gasteiger partial charge in [0, 0.05) is 48.9 Å². The summed E-state index contributed by atoms with van der Waals surface area (Å²) in [5.74, 6) is -0.179. The number of hydrogen-bond acceptors (Lipinski definition) is 3. The molecule has 0 unspecified atom stereocenters. The summed E-state index contributed by atoms with van der Waals surface area (Å²) in [5, 5.41) is 3.03. The minimum atomic E-state index is -0.179. The Balaban J connectivity index is 1.61. The quantitative estimate of drug-likeness (QED) is 0.784. The molecule has 0 fully saturated rings. The van der Waals surface area contributed by atoms with Crippen molar-refractivity contribution >= 4 is 5.65 Å². The molecule has 3 aromatic rings. The van der Waals surface area contributed by atoms with Crippen LogP contribution in [-0.2, 0) is 19.4 Å². The second-order valence-electron chi connectivity index (χ2n) is 6.34. The zero-order valence-corrected chi connectivity index (χ0v) is 13.6. The van der Waals surface area contributed by atoms with Gasteiger partial charge in [-0.3, -0.25) is 14.8 Å². The van der Waals surface area contributed by atoms with E-state index in [1.165, 1.54) is 10.6 Å². The van der Waals surface area contributed by atoms with Gasteiger partial charge in [0.05, 0.1) is 5.69 Å². The molecule has 0 bridgehead atoms. The van der Waals surface area contributed by atoms with Crippen molar-refractivity contribution in [1.82, 2.24) is 19.5 Å². The van der Waals surface area contributed by atoms with E-state index in [4.69, 9.17) is 0 Å². The number of aromatic nitrogens is 3. The topological polar surface area (TPSA) is 53.4 Å². The number of hydrogen-bond donors (Lipinski definition) is 1. The standard InChI is InChI=1S/C18H19FN4O/c1-12-10-17-20-16-7-9-22(11-13-4-2-3-5-15(13)19)8-6-14(16)18(24)23(17)21-12/h2-5,10,21H,6-9,11H2,1H3. The molecule has 1 aromatic carbocycles. The molecule has 1 aliphatic heterocycles. The van der Waals surface area contributed by atoms with Crippen LogP contribution >= 0.6 is 0 Å². The molecule has 1 N–H and O–H groups in total. The summed E-state index contributed by atoms with van der Waals surface area (Å²) in [7, 11) is 0. The van der Waals surface area contributed by atoms with Crippen molar-refractivity contribution in [3.05, 3.63) is 69.0 Å². The Labute approximate surface area is 138 Å². The molecule has 0 saturated heterocycles. The molecule has 0 aliphatic carbocycles. The normalized spacial score (nSPS) is 15.4. The maximum absolute atomic E-state index is 13.9. The van der Waals surface area contributed by atoms with Crippen molar-refractivity contribution in [2.24, 2.45) is 0 Å². The average Bonchev–Trinajstić information content (AvgIpc) is 2.82. The molecular formula is C18H19FN4O. The minimum absolute atomic E-state index is 0.0177. The summed E-state index contributed by atoms with van der Waals surface area (Å²) < 4.78 is 15.4. The van der Waals surface area contributed by atoms with Crippen LogP contribution in [0.4, 0.5) is 4.39 Å². The molecule has 1 aliphatic rings. The lowest BCUT2D eigenvalue weighted by Gasteiger charge is -2.19. The Morgan fingerprint density at radius 1 is 1.25 bits per heavy atom. The predicted octanol–water partition coefficient (Wildman–Crippen LogP) is 2.07. The Morgan fingerprint density at radius 2 is 2.04 bits per heavy atom. The maximum Gasteiger partial charge on any atom is 0.276 e. The summed E-state index contributed by atoms with van der Waals surface area (Å²) >= 11 is 0. The van der Waals surface area contributed by atoms with E-state index in [1.807, 2.05) is 25.1 Å². The fourth-order valence-corrected chi connectivity index (χ4v) is 3.35. The first-order valence-electron chi connectivity index (χ1n) is 8.18. The van der Waals surface area contributed by atoms with E-state index >= 15 is 0 Å². The van der Waals surface area contributed by atoms with Crippen molar-refractivity contribution < 1.29 is 4.39 Å². The third-order valence-electron chi connectivity index (χ3n) is 4.62. The van der Waals surface area contributed by atoms with E-state index in [9.17, 15) is 9.18 Å². The van der Waals surface area contributed by atoms with Gasteiger partial charge in [-0.2, -0.15) is 0 Å². The highest BCUT2D eigenvalue weighted by Crippen LogP contribution is 2.16. The van der Waals surface area contributed by atoms with Crippen LogP contribution in [0.15, 0.2) is 35.1 Å². The highest BCUT2D eigenvalue weighted by atomic mass is 19.1. The van der Waals surface area contributed by atoms with Gasteiger partial charge in [-0.25, -0.2) is 13.9 Å². The number of nitrogens with zero attached hydrogens (tertiary/aromatic N) is 3. The summed E-state index contributed by atoms with van der Waals surface area (Å²) in [5.41, 5.74) is 3.90. The largest absolute Gasteiger partial charge is 0.298 e. The van der Waals surface area contributed by atoms with Crippen LogP contribution in [-0.4, -0.2) is 32.6 Å². The number of halogens is 1. The van der Waals surface area contributed by atoms with Gasteiger partial charge in [0.15, 0.2) is 5.65 Å². The monoisotopic (exact) mass is 326 g/mol. The molecule has 4 rings (SSSR count). The second kappa shape index (κ2) is 5.87. The van der Waals surface area contributed by atoms with E-state index in [0.29, 0.717) is 30.6 Å². The van der Waals surface area contributed by atoms with Crippen LogP contribution in [0.1, 0.15) is 22.5 Å². The number of fused-ring (bicyclic) bond motifs is 2. The minimum Gasteiger partial charge on any atom is -0.298 e. The molecule has 0 atom stereocenters. The van der Waals surface area contributed by atoms with Crippen molar-refractivity contribution in [3.63, 3.8) is 0 Å². The van der Waals surface area contributed by atoms with Gasteiger partial charge in [0.1, 0.15) is 5.82 Å². The highest BCUT2D eigenvalue weighted by molar-refractivity contribution is 5.42. The fraction of sp³-hybridized carbons (Fsp3) is 0.333. The van der Waals surface area contributed by atoms with Crippen LogP contribution in [0.2, 0.25) is 0 Å². The van der Waals surface area contributed by atoms with Crippen LogP contribution in [0.25, 0.3) is 5.65 Å². The van der Waals surface area contributed by atoms with E-state index in [-0.39, 0.29) is 11.4 Å². The third kappa shape index (κ3) is 2.63. The molecule has 6 heteroatoms. The Bertz CT molecular complexity index is 959. The van der Waals surface area contributed by atoms with Crippen molar-refractivity contribution in [1.29, 1.82) is 0 Å². The molecule has 0 saturated carbocycles. The smallest absolute Gasteiger partial charge is 0.276 e. The second-order valence-corrected chi connectivity index (χ2v) is 6.34. The molecule has 0 radical (unpaired) electrons. The molecule has 0 spiro atoms. The molecule has 3 heterocycles. The first-order valence-corrected chi connectivity index (χ1v) is 8.18. The molecule has 124 valence electrons. The number of nitrogens with one attached hydrogen (secondary N) is 1. The fourth-order valence-electron chi connectivity index (χ4n) is 3.35. The maximum atomic E-state index is 13.9. The van der Waals surface area contributed by atoms with Gasteiger partial charge in [-0.15, -0.1) is 0 Å². The zero-order valence-electron chi connectivity index (χ0n) is 13.6. The molecule has 24 heavy (non-hydrogen) atoms. The Morgan fingerprint density at radius 3 is 2.88 bits per heavy atom. The SMILES string of the molecule is Cc1cc2nc3c(c(=O)n2[nH]1)CCN(Cc1ccccc1F)CC3. The number of benzene rings is 1. The molecule has 5 nitrogen and oxygen atoms in total. The van der Waals surface area contributed by atoms with Crippen molar-refractivity contribution in [3.8, 4) is 0 Å². The average molecular weight is 326 g/mol. The van der Waals surface area contributed by atoms with E-state index in [0.717, 1.165) is 30.0 Å². The van der Waals surface area contributed by atoms with E-state index < -0.39 is 0 Å². The molecule has 2 aromatic heterocycles. The Hall–Kier alpha value is -2.47. The zero-order chi connectivity index (χ0) is 16.7. The lowest BCUT2D eigenvalue weighted by atomic mass is 10.1. The lowest BCUT2D eigenvalue weighted by molar-refractivity contribution is 0.274. The summed E-state index contributed by atoms with van der Waals surface area (Å²) in [4.78, 5) is 19.5. The van der Waals surface area contributed by atoms with Gasteiger partial charge in [-0.1, -0.05) is 18.2 Å².